The maximum atomic E-state index is 11.1. The van der Waals surface area contributed by atoms with Crippen LogP contribution in [-0.2, 0) is 10.8 Å². The topological polar surface area (TPSA) is 50.9 Å². The van der Waals surface area contributed by atoms with Crippen LogP contribution >= 0.6 is 0 Å². The molecule has 0 spiro atoms. The Labute approximate surface area is 363 Å². The van der Waals surface area contributed by atoms with E-state index in [4.69, 9.17) is 9.97 Å². The van der Waals surface area contributed by atoms with Gasteiger partial charge in [-0.25, -0.2) is 4.98 Å². The Balaban J connectivity index is 1.11. The molecule has 0 fully saturated rings. The van der Waals surface area contributed by atoms with Crippen LogP contribution in [-0.4, -0.2) is 19.6 Å². The van der Waals surface area contributed by atoms with Crippen molar-refractivity contribution in [2.24, 2.45) is 0 Å². The fraction of sp³-hybridized carbons (Fsp3) is 0.138. The second kappa shape index (κ2) is 15.0. The Kier molecular flexibility index (Phi) is 9.41. The number of benzene rings is 7. The van der Waals surface area contributed by atoms with Crippen LogP contribution in [0.4, 0.5) is 0 Å². The maximum absolute atomic E-state index is 11.1. The summed E-state index contributed by atoms with van der Waals surface area (Å²) < 4.78 is 2.41. The minimum absolute atomic E-state index is 0.0409. The van der Waals surface area contributed by atoms with Gasteiger partial charge in [-0.05, 0) is 110 Å². The molecule has 0 saturated heterocycles. The highest BCUT2D eigenvalue weighted by molar-refractivity contribution is 6.14. The van der Waals surface area contributed by atoms with E-state index < -0.39 is 0 Å². The van der Waals surface area contributed by atoms with Crippen LogP contribution in [0.5, 0.6) is 5.75 Å². The third-order valence-electron chi connectivity index (χ3n) is 12.2. The van der Waals surface area contributed by atoms with Crippen molar-refractivity contribution in [1.29, 1.82) is 0 Å². The zero-order valence-corrected chi connectivity index (χ0v) is 36.1. The summed E-state index contributed by atoms with van der Waals surface area (Å²) in [6, 6.07) is 62.2. The highest BCUT2D eigenvalue weighted by Crippen LogP contribution is 2.41. The molecule has 62 heavy (non-hydrogen) atoms. The normalized spacial score (nSPS) is 12.1. The second-order valence-electron chi connectivity index (χ2n) is 18.5. The molecule has 0 saturated carbocycles. The Bertz CT molecular complexity index is 3310. The number of hydrogen-bond donors (Lipinski definition) is 1. The Morgan fingerprint density at radius 3 is 1.82 bits per heavy atom. The zero-order valence-electron chi connectivity index (χ0n) is 36.1. The van der Waals surface area contributed by atoms with Crippen LogP contribution in [0.2, 0.25) is 0 Å². The summed E-state index contributed by atoms with van der Waals surface area (Å²) in [5, 5.41) is 15.9. The number of phenols is 1. The van der Waals surface area contributed by atoms with E-state index >= 15 is 0 Å². The third-order valence-corrected chi connectivity index (χ3v) is 12.2. The van der Waals surface area contributed by atoms with Gasteiger partial charge in [0.05, 0.1) is 28.1 Å². The molecule has 0 aliphatic rings. The number of aromatic nitrogens is 3. The van der Waals surface area contributed by atoms with Crippen molar-refractivity contribution in [3.63, 3.8) is 0 Å². The van der Waals surface area contributed by atoms with Crippen molar-refractivity contribution in [2.75, 3.05) is 0 Å². The largest absolute Gasteiger partial charge is 0.507 e. The molecule has 7 aromatic carbocycles. The van der Waals surface area contributed by atoms with Gasteiger partial charge in [0.15, 0.2) is 0 Å². The van der Waals surface area contributed by atoms with Crippen LogP contribution in [0.15, 0.2) is 182 Å². The second-order valence-corrected chi connectivity index (χ2v) is 18.5. The summed E-state index contributed by atoms with van der Waals surface area (Å²) in [6.45, 7) is 13.6. The van der Waals surface area contributed by atoms with Crippen LogP contribution in [0.25, 0.3) is 94.3 Å². The predicted octanol–water partition coefficient (Wildman–Crippen LogP) is 15.4. The number of aromatic hydroxyl groups is 1. The average molecular weight is 804 g/mol. The van der Waals surface area contributed by atoms with Crippen molar-refractivity contribution >= 4 is 32.6 Å². The Hall–Kier alpha value is -7.30. The number of phenolic OH excluding ortho intramolecular Hbond substituents is 1. The lowest BCUT2D eigenvalue weighted by atomic mass is 9.79. The van der Waals surface area contributed by atoms with Crippen molar-refractivity contribution < 1.29 is 5.11 Å². The molecular weight excluding hydrogens is 755 g/mol. The van der Waals surface area contributed by atoms with Gasteiger partial charge in [-0.1, -0.05) is 157 Å². The standard InChI is InChI=1S/C58H49N3O/c1-57(2,3)44-30-42(31-45(36-44)58(4,5)6)43-34-52(60-53(35-43)50-20-10-12-24-55(50)62)41-18-13-17-40(29-41)51-33-39(27-28-59-51)47-21-14-22-49-48-19-9-11-23-54(48)61(56(47)49)46-26-25-37-15-7-8-16-38(37)32-46/h7-36,62H,1-6H3. The van der Waals surface area contributed by atoms with Crippen LogP contribution < -0.4 is 0 Å². The summed E-state index contributed by atoms with van der Waals surface area (Å²) >= 11 is 0. The molecule has 3 heterocycles. The molecule has 0 aliphatic carbocycles. The van der Waals surface area contributed by atoms with Gasteiger partial charge in [-0.3, -0.25) is 4.98 Å². The minimum atomic E-state index is -0.0409. The molecular formula is C58H49N3O. The number of para-hydroxylation sites is 3. The van der Waals surface area contributed by atoms with Gasteiger partial charge in [0, 0.05) is 44.9 Å². The number of rotatable bonds is 6. The van der Waals surface area contributed by atoms with E-state index in [1.54, 1.807) is 6.07 Å². The molecule has 302 valence electrons. The molecule has 10 aromatic rings. The molecule has 3 aromatic heterocycles. The van der Waals surface area contributed by atoms with Crippen molar-refractivity contribution in [3.8, 4) is 67.5 Å². The van der Waals surface area contributed by atoms with E-state index in [2.05, 4.69) is 198 Å². The van der Waals surface area contributed by atoms with E-state index in [9.17, 15) is 5.11 Å². The SMILES string of the molecule is CC(C)(C)c1cc(-c2cc(-c3cccc(-c4cc(-c5cccc6c7ccccc7n(-c7ccc8ccccc8c7)c56)ccn4)c3)nc(-c3ccccc3O)c2)cc(C(C)(C)C)c1. The summed E-state index contributed by atoms with van der Waals surface area (Å²) in [7, 11) is 0. The van der Waals surface area contributed by atoms with Gasteiger partial charge >= 0.3 is 0 Å². The summed E-state index contributed by atoms with van der Waals surface area (Å²) in [5.74, 6) is 0.200. The first kappa shape index (κ1) is 38.9. The van der Waals surface area contributed by atoms with Gasteiger partial charge in [0.2, 0.25) is 0 Å². The third kappa shape index (κ3) is 7.12. The van der Waals surface area contributed by atoms with Gasteiger partial charge in [0.1, 0.15) is 5.75 Å². The Morgan fingerprint density at radius 2 is 1.05 bits per heavy atom. The lowest BCUT2D eigenvalue weighted by Gasteiger charge is -2.26. The van der Waals surface area contributed by atoms with E-state index in [0.717, 1.165) is 61.7 Å². The highest BCUT2D eigenvalue weighted by atomic mass is 16.3. The van der Waals surface area contributed by atoms with Crippen LogP contribution in [0.3, 0.4) is 0 Å². The molecule has 0 bridgehead atoms. The first-order chi connectivity index (χ1) is 29.9. The average Bonchev–Trinajstić information content (AvgIpc) is 3.63. The summed E-state index contributed by atoms with van der Waals surface area (Å²) in [6.07, 6.45) is 1.92. The fourth-order valence-corrected chi connectivity index (χ4v) is 8.76. The monoisotopic (exact) mass is 803 g/mol. The number of nitrogens with zero attached hydrogens (tertiary/aromatic N) is 3. The summed E-state index contributed by atoms with van der Waals surface area (Å²) in [4.78, 5) is 10.2. The van der Waals surface area contributed by atoms with Gasteiger partial charge in [0.25, 0.3) is 0 Å². The van der Waals surface area contributed by atoms with Gasteiger partial charge < -0.3 is 9.67 Å². The number of pyridine rings is 2. The van der Waals surface area contributed by atoms with Crippen LogP contribution in [0, 0.1) is 0 Å². The highest BCUT2D eigenvalue weighted by Gasteiger charge is 2.23. The molecule has 10 rings (SSSR count). The van der Waals surface area contributed by atoms with Crippen molar-refractivity contribution in [3.05, 3.63) is 193 Å². The number of hydrogen-bond acceptors (Lipinski definition) is 3. The molecule has 0 radical (unpaired) electrons. The maximum Gasteiger partial charge on any atom is 0.124 e. The molecule has 1 N–H and O–H groups in total. The fourth-order valence-electron chi connectivity index (χ4n) is 8.76. The minimum Gasteiger partial charge on any atom is -0.507 e. The zero-order chi connectivity index (χ0) is 42.8. The van der Waals surface area contributed by atoms with Crippen molar-refractivity contribution in [2.45, 2.75) is 52.4 Å². The predicted molar refractivity (Wildman–Crippen MR) is 260 cm³/mol. The molecule has 0 amide bonds. The Morgan fingerprint density at radius 1 is 0.435 bits per heavy atom. The van der Waals surface area contributed by atoms with Crippen molar-refractivity contribution in [1.82, 2.24) is 14.5 Å². The van der Waals surface area contributed by atoms with Crippen LogP contribution in [0.1, 0.15) is 52.7 Å². The summed E-state index contributed by atoms with van der Waals surface area (Å²) in [5.41, 5.74) is 15.4. The van der Waals surface area contributed by atoms with E-state index in [-0.39, 0.29) is 16.6 Å². The first-order valence-electron chi connectivity index (χ1n) is 21.4. The van der Waals surface area contributed by atoms with E-state index in [1.165, 1.54) is 38.2 Å². The molecule has 0 aliphatic heterocycles. The first-order valence-corrected chi connectivity index (χ1v) is 21.4. The lowest BCUT2D eigenvalue weighted by Crippen LogP contribution is -2.16. The molecule has 4 heteroatoms. The molecule has 0 unspecified atom stereocenters. The molecule has 0 atom stereocenters. The van der Waals surface area contributed by atoms with E-state index in [1.807, 2.05) is 24.4 Å². The lowest BCUT2D eigenvalue weighted by molar-refractivity contribution is 0.477. The quantitative estimate of drug-likeness (QED) is 0.182. The number of fused-ring (bicyclic) bond motifs is 4. The molecule has 4 nitrogen and oxygen atoms in total. The van der Waals surface area contributed by atoms with E-state index in [0.29, 0.717) is 5.56 Å². The smallest absolute Gasteiger partial charge is 0.124 e. The van der Waals surface area contributed by atoms with Gasteiger partial charge in [-0.2, -0.15) is 0 Å². The van der Waals surface area contributed by atoms with Gasteiger partial charge in [-0.15, -0.1) is 0 Å².